The number of nitrogens with one attached hydrogen (secondary N) is 1. The summed E-state index contributed by atoms with van der Waals surface area (Å²) in [6.45, 7) is 1.78. The van der Waals surface area contributed by atoms with Gasteiger partial charge in [0, 0.05) is 16.1 Å². The van der Waals surface area contributed by atoms with E-state index in [1.165, 1.54) is 6.21 Å². The summed E-state index contributed by atoms with van der Waals surface area (Å²) in [5, 5.41) is 4.69. The summed E-state index contributed by atoms with van der Waals surface area (Å²) in [4.78, 5) is 17.0. The number of amides is 1. The van der Waals surface area contributed by atoms with Gasteiger partial charge in [-0.25, -0.2) is 5.43 Å². The number of aromatic nitrogens is 1. The second-order valence-corrected chi connectivity index (χ2v) is 6.58. The number of hydrazone groups is 1. The van der Waals surface area contributed by atoms with E-state index in [0.717, 1.165) is 11.3 Å². The van der Waals surface area contributed by atoms with E-state index in [1.54, 1.807) is 63.6 Å². The molecule has 29 heavy (non-hydrogen) atoms. The van der Waals surface area contributed by atoms with Gasteiger partial charge in [-0.1, -0.05) is 23.7 Å². The molecule has 0 fully saturated rings. The molecule has 0 saturated carbocycles. The molecule has 1 aromatic heterocycles. The minimum atomic E-state index is -0.351. The molecular formula is C22H20ClN3O3. The molecule has 0 aliphatic carbocycles. The van der Waals surface area contributed by atoms with E-state index in [0.29, 0.717) is 33.3 Å². The molecule has 0 spiro atoms. The highest BCUT2D eigenvalue weighted by Crippen LogP contribution is 2.23. The van der Waals surface area contributed by atoms with Crippen LogP contribution in [0.3, 0.4) is 0 Å². The molecular weight excluding hydrogens is 390 g/mol. The van der Waals surface area contributed by atoms with Crippen molar-refractivity contribution in [2.45, 2.75) is 6.92 Å². The van der Waals surface area contributed by atoms with Crippen molar-refractivity contribution in [1.82, 2.24) is 10.4 Å². The van der Waals surface area contributed by atoms with Crippen molar-refractivity contribution < 1.29 is 14.3 Å². The van der Waals surface area contributed by atoms with Crippen molar-refractivity contribution >= 4 is 23.7 Å². The van der Waals surface area contributed by atoms with E-state index in [1.807, 2.05) is 12.1 Å². The van der Waals surface area contributed by atoms with E-state index in [2.05, 4.69) is 15.5 Å². The number of carbonyl (C=O) groups excluding carboxylic acids is 1. The average molecular weight is 410 g/mol. The minimum Gasteiger partial charge on any atom is -0.497 e. The highest BCUT2D eigenvalue weighted by molar-refractivity contribution is 6.30. The number of pyridine rings is 1. The third-order valence-corrected chi connectivity index (χ3v) is 4.53. The zero-order valence-corrected chi connectivity index (χ0v) is 17.0. The Balaban J connectivity index is 1.74. The van der Waals surface area contributed by atoms with Gasteiger partial charge in [-0.15, -0.1) is 0 Å². The van der Waals surface area contributed by atoms with Crippen LogP contribution in [0.1, 0.15) is 21.6 Å². The van der Waals surface area contributed by atoms with E-state index >= 15 is 0 Å². The van der Waals surface area contributed by atoms with Gasteiger partial charge < -0.3 is 9.47 Å². The molecule has 3 rings (SSSR count). The van der Waals surface area contributed by atoms with Gasteiger partial charge in [0.05, 0.1) is 37.4 Å². The van der Waals surface area contributed by atoms with Gasteiger partial charge in [0.1, 0.15) is 11.5 Å². The number of rotatable bonds is 6. The summed E-state index contributed by atoms with van der Waals surface area (Å²) in [5.74, 6) is 0.932. The van der Waals surface area contributed by atoms with E-state index in [9.17, 15) is 4.79 Å². The van der Waals surface area contributed by atoms with Crippen molar-refractivity contribution in [2.24, 2.45) is 5.10 Å². The Hall–Kier alpha value is -3.38. The van der Waals surface area contributed by atoms with Crippen LogP contribution in [0.25, 0.3) is 11.3 Å². The number of hydrogen-bond donors (Lipinski definition) is 1. The molecule has 3 aromatic rings. The van der Waals surface area contributed by atoms with Crippen LogP contribution in [0, 0.1) is 6.92 Å². The summed E-state index contributed by atoms with van der Waals surface area (Å²) in [6.07, 6.45) is 1.50. The topological polar surface area (TPSA) is 72.8 Å². The highest BCUT2D eigenvalue weighted by Gasteiger charge is 2.11. The lowest BCUT2D eigenvalue weighted by Gasteiger charge is -2.08. The summed E-state index contributed by atoms with van der Waals surface area (Å²) in [7, 11) is 3.14. The van der Waals surface area contributed by atoms with Gasteiger partial charge in [0.2, 0.25) is 0 Å². The fraction of sp³-hybridized carbons (Fsp3) is 0.136. The number of halogens is 1. The predicted octanol–water partition coefficient (Wildman–Crippen LogP) is 4.49. The van der Waals surface area contributed by atoms with E-state index < -0.39 is 0 Å². The monoisotopic (exact) mass is 409 g/mol. The summed E-state index contributed by atoms with van der Waals surface area (Å²) in [5.41, 5.74) is 5.93. The smallest absolute Gasteiger partial charge is 0.273 e. The fourth-order valence-electron chi connectivity index (χ4n) is 2.74. The Bertz CT molecular complexity index is 1050. The largest absolute Gasteiger partial charge is 0.497 e. The Kier molecular flexibility index (Phi) is 6.46. The van der Waals surface area contributed by atoms with Crippen LogP contribution in [0.15, 0.2) is 59.7 Å². The number of aryl methyl sites for hydroxylation is 1. The first-order valence-corrected chi connectivity index (χ1v) is 9.18. The number of methoxy groups -OCH3 is 2. The summed E-state index contributed by atoms with van der Waals surface area (Å²) in [6, 6.07) is 16.2. The molecule has 0 aliphatic rings. The van der Waals surface area contributed by atoms with Crippen molar-refractivity contribution in [2.75, 3.05) is 14.2 Å². The van der Waals surface area contributed by atoms with E-state index in [4.69, 9.17) is 21.1 Å². The van der Waals surface area contributed by atoms with Crippen LogP contribution >= 0.6 is 11.6 Å². The number of hydrogen-bond acceptors (Lipinski definition) is 5. The maximum absolute atomic E-state index is 12.5. The molecule has 0 aliphatic heterocycles. The van der Waals surface area contributed by atoms with Gasteiger partial charge >= 0.3 is 0 Å². The molecule has 7 heteroatoms. The van der Waals surface area contributed by atoms with Crippen LogP contribution in [-0.4, -0.2) is 31.3 Å². The molecule has 0 atom stereocenters. The Labute approximate surface area is 174 Å². The second-order valence-electron chi connectivity index (χ2n) is 6.14. The third kappa shape index (κ3) is 4.92. The van der Waals surface area contributed by atoms with Crippen LogP contribution in [0.4, 0.5) is 0 Å². The molecule has 148 valence electrons. The third-order valence-electron chi connectivity index (χ3n) is 4.28. The molecule has 0 bridgehead atoms. The molecule has 1 amide bonds. The Morgan fingerprint density at radius 3 is 2.48 bits per heavy atom. The Morgan fingerprint density at radius 1 is 1.07 bits per heavy atom. The Morgan fingerprint density at radius 2 is 1.83 bits per heavy atom. The lowest BCUT2D eigenvalue weighted by Crippen LogP contribution is -2.19. The van der Waals surface area contributed by atoms with Gasteiger partial charge in [-0.3, -0.25) is 9.78 Å². The highest BCUT2D eigenvalue weighted by atomic mass is 35.5. The number of ether oxygens (including phenoxy) is 2. The molecule has 0 saturated heterocycles. The first kappa shape index (κ1) is 20.4. The van der Waals surface area contributed by atoms with E-state index in [-0.39, 0.29) is 5.91 Å². The maximum atomic E-state index is 12.5. The molecule has 0 unspecified atom stereocenters. The number of benzene rings is 2. The van der Waals surface area contributed by atoms with Crippen LogP contribution in [-0.2, 0) is 0 Å². The normalized spacial score (nSPS) is 10.8. The van der Waals surface area contributed by atoms with Gasteiger partial charge in [-0.05, 0) is 49.4 Å². The summed E-state index contributed by atoms with van der Waals surface area (Å²) >= 11 is 5.92. The first-order chi connectivity index (χ1) is 14.0. The maximum Gasteiger partial charge on any atom is 0.273 e. The zero-order chi connectivity index (χ0) is 20.8. The standard InChI is InChI=1S/C22H20ClN3O3/c1-14-19(9-10-20(25-14)15-4-6-17(23)7-5-15)22(27)26-24-13-16-12-18(28-2)8-11-21(16)29-3/h4-13H,1-3H3,(H,26,27)/b24-13+. The molecule has 2 aromatic carbocycles. The van der Waals surface area contributed by atoms with Gasteiger partial charge in [-0.2, -0.15) is 5.10 Å². The van der Waals surface area contributed by atoms with Crippen LogP contribution in [0.5, 0.6) is 11.5 Å². The quantitative estimate of drug-likeness (QED) is 0.481. The number of carbonyl (C=O) groups is 1. The van der Waals surface area contributed by atoms with Gasteiger partial charge in [0.25, 0.3) is 5.91 Å². The lowest BCUT2D eigenvalue weighted by molar-refractivity contribution is 0.0954. The fourth-order valence-corrected chi connectivity index (χ4v) is 2.87. The average Bonchev–Trinajstić information content (AvgIpc) is 2.74. The van der Waals surface area contributed by atoms with Crippen molar-refractivity contribution in [3.05, 3.63) is 76.4 Å². The zero-order valence-electron chi connectivity index (χ0n) is 16.3. The molecule has 6 nitrogen and oxygen atoms in total. The SMILES string of the molecule is COc1ccc(OC)c(/C=N/NC(=O)c2ccc(-c3ccc(Cl)cc3)nc2C)c1. The van der Waals surface area contributed by atoms with Crippen LogP contribution in [0.2, 0.25) is 5.02 Å². The van der Waals surface area contributed by atoms with Gasteiger partial charge in [0.15, 0.2) is 0 Å². The van der Waals surface area contributed by atoms with Crippen molar-refractivity contribution in [3.8, 4) is 22.8 Å². The predicted molar refractivity (Wildman–Crippen MR) is 114 cm³/mol. The molecule has 1 N–H and O–H groups in total. The minimum absolute atomic E-state index is 0.351. The molecule has 1 heterocycles. The second kappa shape index (κ2) is 9.21. The molecule has 0 radical (unpaired) electrons. The lowest BCUT2D eigenvalue weighted by atomic mass is 10.1. The summed E-state index contributed by atoms with van der Waals surface area (Å²) < 4.78 is 10.5. The number of nitrogens with zero attached hydrogens (tertiary/aromatic N) is 2. The first-order valence-electron chi connectivity index (χ1n) is 8.81. The van der Waals surface area contributed by atoms with Crippen molar-refractivity contribution in [1.29, 1.82) is 0 Å². The van der Waals surface area contributed by atoms with Crippen LogP contribution < -0.4 is 14.9 Å². The van der Waals surface area contributed by atoms with Crippen molar-refractivity contribution in [3.63, 3.8) is 0 Å².